The van der Waals surface area contributed by atoms with Crippen molar-refractivity contribution in [3.63, 3.8) is 0 Å². The monoisotopic (exact) mass is 385 g/mol. The highest BCUT2D eigenvalue weighted by molar-refractivity contribution is 7.80. The summed E-state index contributed by atoms with van der Waals surface area (Å²) in [6.45, 7) is 6.66. The van der Waals surface area contributed by atoms with Crippen molar-refractivity contribution in [1.29, 1.82) is 0 Å². The van der Waals surface area contributed by atoms with Crippen LogP contribution in [-0.2, 0) is 13.0 Å². The zero-order valence-electron chi connectivity index (χ0n) is 15.2. The van der Waals surface area contributed by atoms with Gasteiger partial charge in [-0.25, -0.2) is 0 Å². The van der Waals surface area contributed by atoms with Gasteiger partial charge in [0.05, 0.1) is 0 Å². The summed E-state index contributed by atoms with van der Waals surface area (Å²) >= 11 is 11.8. The molecule has 0 saturated carbocycles. The molecule has 0 spiro atoms. The Bertz CT molecular complexity index is 889. The van der Waals surface area contributed by atoms with E-state index in [2.05, 4.69) is 53.3 Å². The molecule has 0 saturated heterocycles. The van der Waals surface area contributed by atoms with Crippen LogP contribution in [0, 0.1) is 6.92 Å². The van der Waals surface area contributed by atoms with Crippen LogP contribution in [0.4, 0.5) is 0 Å². The highest BCUT2D eigenvalue weighted by Crippen LogP contribution is 2.26. The van der Waals surface area contributed by atoms with Crippen molar-refractivity contribution in [1.82, 2.24) is 15.2 Å². The lowest BCUT2D eigenvalue weighted by Crippen LogP contribution is -2.40. The number of thiocarbonyl (C=S) groups is 1. The molecule has 0 atom stereocenters. The third-order valence-corrected chi connectivity index (χ3v) is 5.18. The van der Waals surface area contributed by atoms with Crippen LogP contribution in [0.1, 0.15) is 23.7 Å². The van der Waals surface area contributed by atoms with Gasteiger partial charge in [-0.05, 0) is 61.8 Å². The smallest absolute Gasteiger partial charge is 0.169 e. The van der Waals surface area contributed by atoms with E-state index in [0.717, 1.165) is 41.7 Å². The Hall–Kier alpha value is -2.04. The Morgan fingerprint density at radius 1 is 1.19 bits per heavy atom. The lowest BCUT2D eigenvalue weighted by Gasteiger charge is -2.26. The number of fused-ring (bicyclic) bond motifs is 1. The molecule has 0 bridgehead atoms. The quantitative estimate of drug-likeness (QED) is 0.581. The van der Waals surface area contributed by atoms with Crippen molar-refractivity contribution in [3.8, 4) is 0 Å². The Morgan fingerprint density at radius 2 is 1.96 bits per heavy atom. The summed E-state index contributed by atoms with van der Waals surface area (Å²) in [7, 11) is 0. The first-order chi connectivity index (χ1) is 12.6. The Morgan fingerprint density at radius 3 is 2.69 bits per heavy atom. The molecule has 136 valence electrons. The van der Waals surface area contributed by atoms with Crippen molar-refractivity contribution in [2.45, 2.75) is 26.8 Å². The molecule has 0 aliphatic heterocycles. The average molecular weight is 386 g/mol. The molecule has 0 aliphatic rings. The van der Waals surface area contributed by atoms with Crippen molar-refractivity contribution >= 4 is 39.8 Å². The number of aromatic nitrogens is 1. The van der Waals surface area contributed by atoms with E-state index in [1.54, 1.807) is 0 Å². The maximum atomic E-state index is 6.21. The van der Waals surface area contributed by atoms with Crippen LogP contribution in [0.25, 0.3) is 10.9 Å². The third kappa shape index (κ3) is 4.37. The summed E-state index contributed by atoms with van der Waals surface area (Å²) in [6, 6.07) is 16.4. The van der Waals surface area contributed by atoms with Gasteiger partial charge in [-0.15, -0.1) is 0 Å². The molecule has 3 aromatic rings. The van der Waals surface area contributed by atoms with Crippen LogP contribution in [0.2, 0.25) is 5.02 Å². The highest BCUT2D eigenvalue weighted by Gasteiger charge is 2.14. The Labute approximate surface area is 165 Å². The van der Waals surface area contributed by atoms with Crippen LogP contribution in [0.3, 0.4) is 0 Å². The van der Waals surface area contributed by atoms with E-state index < -0.39 is 0 Å². The minimum atomic E-state index is 0.766. The standard InChI is InChI=1S/C21H24ClN3S/c1-3-23-21(26)25(14-16-7-5-4-6-8-16)12-11-18-15(2)24-20-10-9-17(22)13-19(18)20/h4-10,13,24H,3,11-12,14H2,1-2H3,(H,23,26). The molecule has 2 aromatic carbocycles. The number of benzene rings is 2. The number of hydrogen-bond acceptors (Lipinski definition) is 1. The lowest BCUT2D eigenvalue weighted by molar-refractivity contribution is 0.410. The second-order valence-electron chi connectivity index (χ2n) is 6.41. The number of nitrogens with zero attached hydrogens (tertiary/aromatic N) is 1. The maximum Gasteiger partial charge on any atom is 0.169 e. The molecule has 0 fully saturated rings. The SMILES string of the molecule is CCNC(=S)N(CCc1c(C)[nH]c2ccc(Cl)cc12)Cc1ccccc1. The average Bonchev–Trinajstić information content (AvgIpc) is 2.94. The maximum absolute atomic E-state index is 6.21. The van der Waals surface area contributed by atoms with Gasteiger partial charge in [0.25, 0.3) is 0 Å². The topological polar surface area (TPSA) is 31.1 Å². The highest BCUT2D eigenvalue weighted by atomic mass is 35.5. The number of H-pyrrole nitrogens is 1. The van der Waals surface area contributed by atoms with Crippen molar-refractivity contribution in [2.24, 2.45) is 0 Å². The molecule has 0 unspecified atom stereocenters. The molecule has 5 heteroatoms. The Kier molecular flexibility index (Phi) is 6.17. The van der Waals surface area contributed by atoms with Gasteiger partial charge in [0.2, 0.25) is 0 Å². The third-order valence-electron chi connectivity index (χ3n) is 4.54. The molecule has 0 amide bonds. The number of halogens is 1. The summed E-state index contributed by atoms with van der Waals surface area (Å²) in [5, 5.41) is 6.05. The normalized spacial score (nSPS) is 10.9. The van der Waals surface area contributed by atoms with E-state index >= 15 is 0 Å². The minimum absolute atomic E-state index is 0.766. The molecule has 1 heterocycles. The summed E-state index contributed by atoms with van der Waals surface area (Å²) in [4.78, 5) is 5.69. The van der Waals surface area contributed by atoms with Gasteiger partial charge < -0.3 is 15.2 Å². The van der Waals surface area contributed by atoms with E-state index in [1.807, 2.05) is 24.3 Å². The fourth-order valence-electron chi connectivity index (χ4n) is 3.24. The molecule has 0 radical (unpaired) electrons. The van der Waals surface area contributed by atoms with Crippen molar-refractivity contribution < 1.29 is 0 Å². The van der Waals surface area contributed by atoms with Crippen LogP contribution in [0.5, 0.6) is 0 Å². The number of aryl methyl sites for hydroxylation is 1. The number of nitrogens with one attached hydrogen (secondary N) is 2. The largest absolute Gasteiger partial charge is 0.363 e. The minimum Gasteiger partial charge on any atom is -0.363 e. The summed E-state index contributed by atoms with van der Waals surface area (Å²) in [5.74, 6) is 0. The van der Waals surface area contributed by atoms with Crippen molar-refractivity contribution in [2.75, 3.05) is 13.1 Å². The zero-order chi connectivity index (χ0) is 18.5. The number of aromatic amines is 1. The fraction of sp³-hybridized carbons (Fsp3) is 0.286. The Balaban J connectivity index is 1.80. The van der Waals surface area contributed by atoms with Crippen LogP contribution in [-0.4, -0.2) is 28.1 Å². The zero-order valence-corrected chi connectivity index (χ0v) is 16.8. The number of rotatable bonds is 6. The van der Waals surface area contributed by atoms with E-state index in [1.165, 1.54) is 22.2 Å². The fourth-order valence-corrected chi connectivity index (χ4v) is 3.72. The predicted octanol–water partition coefficient (Wildman–Crippen LogP) is 5.07. The first-order valence-corrected chi connectivity index (χ1v) is 9.70. The van der Waals surface area contributed by atoms with Gasteiger partial charge in [0.1, 0.15) is 0 Å². The van der Waals surface area contributed by atoms with E-state index in [4.69, 9.17) is 23.8 Å². The van der Waals surface area contributed by atoms with Gasteiger partial charge in [-0.3, -0.25) is 0 Å². The van der Waals surface area contributed by atoms with Crippen LogP contribution >= 0.6 is 23.8 Å². The summed E-state index contributed by atoms with van der Waals surface area (Å²) in [5.41, 5.74) is 4.88. The van der Waals surface area contributed by atoms with Gasteiger partial charge in [0.15, 0.2) is 5.11 Å². The van der Waals surface area contributed by atoms with Gasteiger partial charge in [-0.2, -0.15) is 0 Å². The molecular weight excluding hydrogens is 362 g/mol. The predicted molar refractivity (Wildman–Crippen MR) is 115 cm³/mol. The van der Waals surface area contributed by atoms with Gasteiger partial charge >= 0.3 is 0 Å². The van der Waals surface area contributed by atoms with E-state index in [-0.39, 0.29) is 0 Å². The molecule has 3 nitrogen and oxygen atoms in total. The molecule has 26 heavy (non-hydrogen) atoms. The van der Waals surface area contributed by atoms with Gasteiger partial charge in [0, 0.05) is 41.3 Å². The first-order valence-electron chi connectivity index (χ1n) is 8.92. The first kappa shape index (κ1) is 18.7. The summed E-state index contributed by atoms with van der Waals surface area (Å²) < 4.78 is 0. The molecule has 0 aliphatic carbocycles. The van der Waals surface area contributed by atoms with Gasteiger partial charge in [-0.1, -0.05) is 41.9 Å². The second-order valence-corrected chi connectivity index (χ2v) is 7.23. The van der Waals surface area contributed by atoms with E-state index in [9.17, 15) is 0 Å². The van der Waals surface area contributed by atoms with Crippen LogP contribution in [0.15, 0.2) is 48.5 Å². The number of hydrogen-bond donors (Lipinski definition) is 2. The molecule has 1 aromatic heterocycles. The molecular formula is C21H24ClN3S. The second kappa shape index (κ2) is 8.56. The van der Waals surface area contributed by atoms with Crippen molar-refractivity contribution in [3.05, 3.63) is 70.4 Å². The molecule has 3 rings (SSSR count). The van der Waals surface area contributed by atoms with E-state index in [0.29, 0.717) is 0 Å². The lowest BCUT2D eigenvalue weighted by atomic mass is 10.1. The molecule has 2 N–H and O–H groups in total. The van der Waals surface area contributed by atoms with Crippen LogP contribution < -0.4 is 5.32 Å². The summed E-state index contributed by atoms with van der Waals surface area (Å²) in [6.07, 6.45) is 0.907.